The lowest BCUT2D eigenvalue weighted by atomic mass is 10.0. The van der Waals surface area contributed by atoms with E-state index in [1.165, 1.54) is 77.5 Å². The number of hydrogen-bond donors (Lipinski definition) is 1. The molecule has 0 atom stereocenters. The van der Waals surface area contributed by atoms with Crippen molar-refractivity contribution >= 4 is 99.8 Å². The normalized spacial score (nSPS) is 10.7. The van der Waals surface area contributed by atoms with Gasteiger partial charge in [0.1, 0.15) is 62.8 Å². The van der Waals surface area contributed by atoms with Crippen molar-refractivity contribution in [1.29, 1.82) is 0 Å². The smallest absolute Gasteiger partial charge is 0.446 e. The molecule has 10 rings (SSSR count). The molecule has 0 saturated heterocycles. The van der Waals surface area contributed by atoms with Gasteiger partial charge in [-0.2, -0.15) is 13.2 Å². The van der Waals surface area contributed by atoms with Crippen molar-refractivity contribution in [2.45, 2.75) is 78.8 Å². The molecular weight excluding hydrogens is 1490 g/mol. The average Bonchev–Trinajstić information content (AvgIpc) is 1.62. The zero-order valence-corrected chi connectivity index (χ0v) is 61.5. The number of halogens is 6. The molecule has 0 unspecified atom stereocenters. The lowest BCUT2D eigenvalue weighted by molar-refractivity contribution is -0.156. The highest BCUT2D eigenvalue weighted by molar-refractivity contribution is 9.10. The van der Waals surface area contributed by atoms with Crippen LogP contribution in [0.15, 0.2) is 143 Å². The fourth-order valence-corrected chi connectivity index (χ4v) is 12.4. The molecule has 5 heterocycles. The highest BCUT2D eigenvalue weighted by atomic mass is 79.9. The van der Waals surface area contributed by atoms with Crippen molar-refractivity contribution in [2.75, 3.05) is 69.1 Å². The van der Waals surface area contributed by atoms with Gasteiger partial charge in [0, 0.05) is 87.9 Å². The van der Waals surface area contributed by atoms with Gasteiger partial charge in [-0.1, -0.05) is 45.5 Å². The Labute approximate surface area is 624 Å². The fraction of sp³-hybridized carbons (Fsp3) is 0.282. The summed E-state index contributed by atoms with van der Waals surface area (Å²) < 4.78 is 110. The molecule has 0 radical (unpaired) electrons. The Balaban J connectivity index is 0.000000241. The molecule has 0 bridgehead atoms. The van der Waals surface area contributed by atoms with E-state index in [2.05, 4.69) is 30.9 Å². The van der Waals surface area contributed by atoms with E-state index < -0.39 is 12.5 Å². The van der Waals surface area contributed by atoms with Crippen LogP contribution in [0.3, 0.4) is 0 Å². The van der Waals surface area contributed by atoms with Gasteiger partial charge in [0.2, 0.25) is 6.29 Å². The summed E-state index contributed by atoms with van der Waals surface area (Å²) in [6.45, 7) is 5.09. The largest absolute Gasteiger partial charge is 0.494 e. The molecule has 0 amide bonds. The number of hydrogen-bond acceptors (Lipinski definition) is 22. The number of thiophene rings is 2. The molecule has 106 heavy (non-hydrogen) atoms. The first-order valence-electron chi connectivity index (χ1n) is 32.4. The van der Waals surface area contributed by atoms with Gasteiger partial charge < -0.3 is 47.7 Å². The van der Waals surface area contributed by atoms with Gasteiger partial charge in [0.25, 0.3) is 0 Å². The van der Waals surface area contributed by atoms with Crippen LogP contribution in [0, 0.1) is 11.6 Å². The summed E-state index contributed by atoms with van der Waals surface area (Å²) in [7, 11) is 9.04. The number of aromatic nitrogens is 3. The van der Waals surface area contributed by atoms with Crippen LogP contribution in [0.25, 0.3) is 42.7 Å². The molecule has 0 fully saturated rings. The van der Waals surface area contributed by atoms with Gasteiger partial charge in [-0.15, -0.1) is 22.7 Å². The first-order valence-corrected chi connectivity index (χ1v) is 34.9. The lowest BCUT2D eigenvalue weighted by Crippen LogP contribution is -2.08. The molecule has 5 aromatic heterocycles. The van der Waals surface area contributed by atoms with Crippen LogP contribution in [0.5, 0.6) is 51.7 Å². The van der Waals surface area contributed by atoms with E-state index >= 15 is 0 Å². The van der Waals surface area contributed by atoms with Crippen molar-refractivity contribution < 1.29 is 103 Å². The molecule has 0 aliphatic heterocycles. The maximum atomic E-state index is 14.2. The van der Waals surface area contributed by atoms with Crippen molar-refractivity contribution in [3.8, 4) is 74.3 Å². The third kappa shape index (κ3) is 22.7. The second kappa shape index (κ2) is 41.2. The Bertz CT molecular complexity index is 4500. The van der Waals surface area contributed by atoms with Crippen molar-refractivity contribution in [2.24, 2.45) is 0 Å². The summed E-state index contributed by atoms with van der Waals surface area (Å²) >= 11 is 5.78. The Morgan fingerprint density at radius 3 is 1.07 bits per heavy atom. The summed E-state index contributed by atoms with van der Waals surface area (Å²) in [4.78, 5) is 98.1. The molecule has 28 heteroatoms. The van der Waals surface area contributed by atoms with Gasteiger partial charge >= 0.3 is 6.18 Å². The minimum Gasteiger partial charge on any atom is -0.494 e. The topological polar surface area (TPSA) is 261 Å². The average molecular weight is 1570 g/mol. The number of aldehydes is 1. The van der Waals surface area contributed by atoms with E-state index in [-0.39, 0.29) is 123 Å². The van der Waals surface area contributed by atoms with Gasteiger partial charge in [0.05, 0.1) is 71.9 Å². The van der Waals surface area contributed by atoms with Crippen LogP contribution in [0.4, 0.5) is 22.0 Å². The van der Waals surface area contributed by atoms with Crippen LogP contribution in [-0.4, -0.2) is 136 Å². The third-order valence-corrected chi connectivity index (χ3v) is 17.8. The van der Waals surface area contributed by atoms with Crippen molar-refractivity contribution in [1.82, 2.24) is 15.0 Å². The number of ether oxygens (including phenoxy) is 9. The van der Waals surface area contributed by atoms with E-state index in [9.17, 15) is 50.7 Å². The molecule has 0 aliphatic carbocycles. The first-order chi connectivity index (χ1) is 50.5. The molecule has 20 nitrogen and oxygen atoms in total. The minimum atomic E-state index is -4.64. The monoisotopic (exact) mass is 1570 g/mol. The van der Waals surface area contributed by atoms with Gasteiger partial charge in [0.15, 0.2) is 74.9 Å². The van der Waals surface area contributed by atoms with Gasteiger partial charge in [-0.25, -0.2) is 23.7 Å². The van der Waals surface area contributed by atoms with Crippen LogP contribution < -0.4 is 42.6 Å². The summed E-state index contributed by atoms with van der Waals surface area (Å²) in [6.07, 6.45) is -3.86. The lowest BCUT2D eigenvalue weighted by Gasteiger charge is -2.11. The van der Waals surface area contributed by atoms with Crippen LogP contribution >= 0.6 is 38.6 Å². The SMILES string of the molecule is C.CCCOc1ccc(C(=O)CCC(=O)c2ccc(OC)c(-c3csc4c(F)cccc34)n2)cc1OC.CCCOc1ccc(C(=O)CCC(=O)c2ccc(OC)c(Br)n2)cc1OC.COc1cc(C(=O)CCC(=O)c2ccc(OC)c(-c3csc4c(F)cccc34)n2)ccc1OCCO.O=CC(F)(F)F. The standard InChI is InChI=1S/C28H26FNO5S.C27H24FNO6S.C20H22BrNO5.C2HF3O.CH4/c1-4-14-35-24-12-8-17(15-26(24)34-3)22(31)10-11-23(32)21-9-13-25(33-2)27(30-21)19-16-36-28-18(19)6-5-7-20(28)29;1-33-24-11-7-20(29-26(24)18-15-36-27-17(18)4-3-5-19(27)28)22(32)9-8-21(31)16-6-10-23(35-13-12-30)25(14-16)34-2;1-4-11-27-17-9-5-13(12-19(17)26-3)15(23)7-8-16(24)14-6-10-18(25-2)20(21)22-14;3-2(4,5)1-6;/h5-9,12-13,15-16H,4,10-11,14H2,1-3H3;3-7,10-11,14-15,30H,8-9,12-13H2,1-2H3;5-6,9-10,12H,4,7-8,11H2,1-3H3;1H;1H4. The van der Waals surface area contributed by atoms with Crippen molar-refractivity contribution in [3.05, 3.63) is 188 Å². The van der Waals surface area contributed by atoms with Crippen LogP contribution in [0.2, 0.25) is 0 Å². The van der Waals surface area contributed by atoms with E-state index in [1.54, 1.807) is 120 Å². The number of fused-ring (bicyclic) bond motifs is 2. The van der Waals surface area contributed by atoms with Crippen LogP contribution in [0.1, 0.15) is 135 Å². The number of alkyl halides is 3. The predicted octanol–water partition coefficient (Wildman–Crippen LogP) is 18.0. The Kier molecular flexibility index (Phi) is 32.8. The molecule has 1 N–H and O–H groups in total. The molecule has 5 aromatic carbocycles. The number of pyridine rings is 3. The zero-order valence-electron chi connectivity index (χ0n) is 58.2. The Morgan fingerprint density at radius 2 is 0.755 bits per heavy atom. The molecule has 560 valence electrons. The van der Waals surface area contributed by atoms with Crippen LogP contribution in [-0.2, 0) is 4.79 Å². The quantitative estimate of drug-likeness (QED) is 0.0178. The predicted molar refractivity (Wildman–Crippen MR) is 397 cm³/mol. The number of Topliss-reactive ketones (excluding diaryl/α,β-unsaturated/α-hetero) is 6. The van der Waals surface area contributed by atoms with Crippen molar-refractivity contribution in [3.63, 3.8) is 0 Å². The number of carbonyl (C=O) groups is 7. The van der Waals surface area contributed by atoms with E-state index in [0.29, 0.717) is 129 Å². The molecule has 0 spiro atoms. The molecule has 0 aliphatic rings. The Hall–Kier alpha value is -10.6. The number of carbonyl (C=O) groups excluding carboxylic acids is 7. The summed E-state index contributed by atoms with van der Waals surface area (Å²) in [5.41, 5.74) is 4.26. The number of ketones is 6. The molecule has 0 saturated carbocycles. The highest BCUT2D eigenvalue weighted by Crippen LogP contribution is 2.41. The van der Waals surface area contributed by atoms with Gasteiger partial charge in [-0.05, 0) is 132 Å². The summed E-state index contributed by atoms with van der Waals surface area (Å²) in [6, 6.07) is 34.1. The van der Waals surface area contributed by atoms with E-state index in [0.717, 1.165) is 12.8 Å². The summed E-state index contributed by atoms with van der Waals surface area (Å²) in [5, 5.41) is 13.9. The number of nitrogens with zero attached hydrogens (tertiary/aromatic N) is 3. The Morgan fingerprint density at radius 1 is 0.443 bits per heavy atom. The number of aliphatic hydroxyl groups excluding tert-OH is 1. The minimum absolute atomic E-state index is 0. The number of rotatable bonds is 32. The zero-order chi connectivity index (χ0) is 76.3. The maximum absolute atomic E-state index is 14.2. The first kappa shape index (κ1) is 84.4. The number of benzene rings is 5. The fourth-order valence-electron chi connectivity index (χ4n) is 10.0. The maximum Gasteiger partial charge on any atom is 0.446 e. The number of methoxy groups -OCH3 is 6. The third-order valence-electron chi connectivity index (χ3n) is 15.3. The van der Waals surface area contributed by atoms with E-state index in [1.807, 2.05) is 19.9 Å². The second-order valence-corrected chi connectivity index (χ2v) is 24.8. The van der Waals surface area contributed by atoms with E-state index in [4.69, 9.17) is 52.5 Å². The second-order valence-electron chi connectivity index (χ2n) is 22.3. The summed E-state index contributed by atoms with van der Waals surface area (Å²) in [5.74, 6) is 2.43. The molecule has 10 aromatic rings. The highest BCUT2D eigenvalue weighted by Gasteiger charge is 2.26. The number of aliphatic hydroxyl groups is 1. The molecular formula is C78H77BrF5N3O17S2. The van der Waals surface area contributed by atoms with Gasteiger partial charge in [-0.3, -0.25) is 33.6 Å².